The van der Waals surface area contributed by atoms with E-state index in [0.29, 0.717) is 38.1 Å². The van der Waals surface area contributed by atoms with Crippen molar-refractivity contribution in [3.63, 3.8) is 0 Å². The van der Waals surface area contributed by atoms with Gasteiger partial charge in [0.2, 0.25) is 23.5 Å². The van der Waals surface area contributed by atoms with Crippen LogP contribution in [-0.2, 0) is 33.8 Å². The topological polar surface area (TPSA) is 144 Å². The van der Waals surface area contributed by atoms with E-state index in [1.165, 1.54) is 4.90 Å². The Morgan fingerprint density at radius 1 is 0.864 bits per heavy atom. The largest absolute Gasteiger partial charge is 0.445 e. The summed E-state index contributed by atoms with van der Waals surface area (Å²) in [6, 6.07) is 16.5. The lowest BCUT2D eigenvalue weighted by Crippen LogP contribution is -2.57. The predicted octanol–water partition coefficient (Wildman–Crippen LogP) is 4.12. The number of alkyl carbamates (subject to hydrolysis) is 1. The Labute approximate surface area is 257 Å². The first-order valence-electron chi connectivity index (χ1n) is 15.1. The molecule has 0 spiro atoms. The van der Waals surface area contributed by atoms with E-state index in [4.69, 9.17) is 9.15 Å². The molecular formula is C33H41N5O6. The lowest BCUT2D eigenvalue weighted by molar-refractivity contribution is -0.141. The van der Waals surface area contributed by atoms with Crippen LogP contribution in [0.3, 0.4) is 0 Å². The minimum atomic E-state index is -0.922. The summed E-state index contributed by atoms with van der Waals surface area (Å²) in [6.07, 6.45) is 1.50. The van der Waals surface area contributed by atoms with Gasteiger partial charge in [-0.25, -0.2) is 4.79 Å². The SMILES string of the molecule is CC(C)[C@H](NC(=O)OCc1ccccc1)C(=O)N1CCC[C@H]1C(=O)N[C@@H](C(=O)c1nnc(CCc2ccccc2)o1)C(C)C. The summed E-state index contributed by atoms with van der Waals surface area (Å²) in [5.41, 5.74) is 1.94. The summed E-state index contributed by atoms with van der Waals surface area (Å²) >= 11 is 0. The normalized spacial score (nSPS) is 16.0. The van der Waals surface area contributed by atoms with Crippen LogP contribution in [0, 0.1) is 11.8 Å². The molecule has 0 bridgehead atoms. The minimum absolute atomic E-state index is 0.0691. The van der Waals surface area contributed by atoms with Gasteiger partial charge in [0.25, 0.3) is 5.89 Å². The number of benzene rings is 2. The predicted molar refractivity (Wildman–Crippen MR) is 162 cm³/mol. The Balaban J connectivity index is 1.37. The molecule has 3 amide bonds. The van der Waals surface area contributed by atoms with E-state index in [0.717, 1.165) is 11.1 Å². The molecule has 0 unspecified atom stereocenters. The smallest absolute Gasteiger partial charge is 0.408 e. The number of carbonyl (C=O) groups excluding carboxylic acids is 4. The summed E-state index contributed by atoms with van der Waals surface area (Å²) in [5, 5.41) is 13.5. The van der Waals surface area contributed by atoms with Crippen LogP contribution in [0.25, 0.3) is 0 Å². The highest BCUT2D eigenvalue weighted by Crippen LogP contribution is 2.22. The number of Topliss-reactive ketones (excluding diaryl/α,β-unsaturated/α-hetero) is 1. The van der Waals surface area contributed by atoms with Gasteiger partial charge in [0, 0.05) is 13.0 Å². The molecule has 11 nitrogen and oxygen atoms in total. The van der Waals surface area contributed by atoms with Gasteiger partial charge in [0.1, 0.15) is 18.7 Å². The number of ether oxygens (including phenoxy) is 1. The van der Waals surface area contributed by atoms with Gasteiger partial charge < -0.3 is 24.7 Å². The van der Waals surface area contributed by atoms with Crippen LogP contribution in [0.2, 0.25) is 0 Å². The maximum atomic E-state index is 13.6. The number of ketones is 1. The van der Waals surface area contributed by atoms with Crippen molar-refractivity contribution < 1.29 is 28.3 Å². The van der Waals surface area contributed by atoms with Crippen molar-refractivity contribution in [3.05, 3.63) is 83.6 Å². The van der Waals surface area contributed by atoms with Crippen molar-refractivity contribution in [2.75, 3.05) is 6.54 Å². The lowest BCUT2D eigenvalue weighted by atomic mass is 9.98. The van der Waals surface area contributed by atoms with Crippen LogP contribution < -0.4 is 10.6 Å². The fourth-order valence-electron chi connectivity index (χ4n) is 5.15. The fraction of sp³-hybridized carbons (Fsp3) is 0.455. The number of likely N-dealkylation sites (tertiary alicyclic amines) is 1. The van der Waals surface area contributed by atoms with Crippen LogP contribution in [0.15, 0.2) is 65.1 Å². The van der Waals surface area contributed by atoms with Gasteiger partial charge in [-0.2, -0.15) is 0 Å². The molecule has 1 aliphatic heterocycles. The highest BCUT2D eigenvalue weighted by Gasteiger charge is 2.40. The van der Waals surface area contributed by atoms with E-state index in [1.807, 2.05) is 88.4 Å². The molecular weight excluding hydrogens is 562 g/mol. The number of nitrogens with one attached hydrogen (secondary N) is 2. The third-order valence-corrected chi connectivity index (χ3v) is 7.65. The van der Waals surface area contributed by atoms with Crippen molar-refractivity contribution in [1.29, 1.82) is 0 Å². The molecule has 1 saturated heterocycles. The molecule has 0 radical (unpaired) electrons. The molecule has 1 aliphatic rings. The van der Waals surface area contributed by atoms with Gasteiger partial charge in [-0.05, 0) is 42.2 Å². The van der Waals surface area contributed by atoms with Gasteiger partial charge in [-0.1, -0.05) is 88.4 Å². The van der Waals surface area contributed by atoms with Gasteiger partial charge in [0.15, 0.2) is 0 Å². The van der Waals surface area contributed by atoms with Crippen LogP contribution in [0.1, 0.15) is 68.2 Å². The summed E-state index contributed by atoms with van der Waals surface area (Å²) in [6.45, 7) is 7.68. The van der Waals surface area contributed by atoms with Crippen LogP contribution in [0.4, 0.5) is 4.79 Å². The number of nitrogens with zero attached hydrogens (tertiary/aromatic N) is 3. The maximum Gasteiger partial charge on any atom is 0.408 e. The zero-order chi connectivity index (χ0) is 31.6. The Morgan fingerprint density at radius 3 is 2.14 bits per heavy atom. The summed E-state index contributed by atoms with van der Waals surface area (Å²) in [5.74, 6) is -1.65. The quantitative estimate of drug-likeness (QED) is 0.278. The van der Waals surface area contributed by atoms with Gasteiger partial charge in [0.05, 0.1) is 6.04 Å². The lowest BCUT2D eigenvalue weighted by Gasteiger charge is -2.31. The third-order valence-electron chi connectivity index (χ3n) is 7.65. The Kier molecular flexibility index (Phi) is 11.2. The van der Waals surface area contributed by atoms with Crippen LogP contribution in [0.5, 0.6) is 0 Å². The van der Waals surface area contributed by atoms with E-state index in [-0.39, 0.29) is 30.2 Å². The van der Waals surface area contributed by atoms with E-state index < -0.39 is 35.9 Å². The molecule has 234 valence electrons. The molecule has 2 aromatic carbocycles. The van der Waals surface area contributed by atoms with Crippen molar-refractivity contribution >= 4 is 23.7 Å². The average molecular weight is 604 g/mol. The zero-order valence-corrected chi connectivity index (χ0v) is 25.7. The molecule has 3 atom stereocenters. The first-order chi connectivity index (χ1) is 21.1. The number of aromatic nitrogens is 2. The van der Waals surface area contributed by atoms with Crippen LogP contribution in [-0.4, -0.2) is 63.5 Å². The number of amides is 3. The Bertz CT molecular complexity index is 1410. The second kappa shape index (κ2) is 15.3. The second-order valence-electron chi connectivity index (χ2n) is 11.7. The monoisotopic (exact) mass is 603 g/mol. The number of hydrogen-bond acceptors (Lipinski definition) is 8. The number of carbonyl (C=O) groups is 4. The molecule has 2 heterocycles. The number of aryl methyl sites for hydroxylation is 2. The molecule has 0 saturated carbocycles. The standard InChI is InChI=1S/C33H41N5O6/c1-21(2)27(29(39)31-37-36-26(44-31)18-17-23-12-7-5-8-13-23)34-30(40)25-16-11-19-38(25)32(41)28(22(3)4)35-33(42)43-20-24-14-9-6-10-15-24/h5-10,12-15,21-22,25,27-28H,11,16-20H2,1-4H3,(H,34,40)(H,35,42)/t25-,27+,28-/m0/s1. The Morgan fingerprint density at radius 2 is 1.50 bits per heavy atom. The fourth-order valence-corrected chi connectivity index (χ4v) is 5.15. The van der Waals surface area contributed by atoms with E-state index in [1.54, 1.807) is 0 Å². The molecule has 11 heteroatoms. The van der Waals surface area contributed by atoms with Crippen molar-refractivity contribution in [3.8, 4) is 0 Å². The highest BCUT2D eigenvalue weighted by atomic mass is 16.5. The van der Waals surface area contributed by atoms with Gasteiger partial charge in [-0.3, -0.25) is 14.4 Å². The van der Waals surface area contributed by atoms with E-state index in [9.17, 15) is 19.2 Å². The summed E-state index contributed by atoms with van der Waals surface area (Å²) in [7, 11) is 0. The average Bonchev–Trinajstić information content (AvgIpc) is 3.71. The van der Waals surface area contributed by atoms with Gasteiger partial charge >= 0.3 is 6.09 Å². The van der Waals surface area contributed by atoms with Gasteiger partial charge in [-0.15, -0.1) is 10.2 Å². The van der Waals surface area contributed by atoms with E-state index in [2.05, 4.69) is 20.8 Å². The summed E-state index contributed by atoms with van der Waals surface area (Å²) in [4.78, 5) is 54.6. The first-order valence-corrected chi connectivity index (χ1v) is 15.1. The molecule has 1 fully saturated rings. The first kappa shape index (κ1) is 32.4. The zero-order valence-electron chi connectivity index (χ0n) is 25.7. The number of rotatable bonds is 13. The van der Waals surface area contributed by atoms with Crippen molar-refractivity contribution in [1.82, 2.24) is 25.7 Å². The molecule has 4 rings (SSSR count). The minimum Gasteiger partial charge on any atom is -0.445 e. The van der Waals surface area contributed by atoms with Crippen molar-refractivity contribution in [2.45, 2.75) is 78.1 Å². The summed E-state index contributed by atoms with van der Waals surface area (Å²) < 4.78 is 11.0. The van der Waals surface area contributed by atoms with E-state index >= 15 is 0 Å². The molecule has 2 N–H and O–H groups in total. The maximum absolute atomic E-state index is 13.6. The third kappa shape index (κ3) is 8.52. The second-order valence-corrected chi connectivity index (χ2v) is 11.7. The Hall–Kier alpha value is -4.54. The van der Waals surface area contributed by atoms with Crippen molar-refractivity contribution in [2.24, 2.45) is 11.8 Å². The molecule has 44 heavy (non-hydrogen) atoms. The molecule has 0 aliphatic carbocycles. The molecule has 3 aromatic rings. The number of hydrogen-bond donors (Lipinski definition) is 2. The molecule has 1 aromatic heterocycles. The van der Waals surface area contributed by atoms with Crippen LogP contribution >= 0.6 is 0 Å². The highest BCUT2D eigenvalue weighted by molar-refractivity contribution is 6.00.